The molecular weight excluding hydrogens is 244 g/mol. The number of benzene rings is 1. The number of amides is 2. The van der Waals surface area contributed by atoms with E-state index in [4.69, 9.17) is 9.84 Å². The van der Waals surface area contributed by atoms with Gasteiger partial charge >= 0.3 is 6.03 Å². The number of urea groups is 1. The lowest BCUT2D eigenvalue weighted by molar-refractivity contribution is 0.185. The number of ether oxygens (including phenoxy) is 1. The number of aliphatic hydroxyl groups excluding tert-OH is 1. The van der Waals surface area contributed by atoms with Crippen molar-refractivity contribution in [1.29, 1.82) is 0 Å². The fourth-order valence-electron chi connectivity index (χ4n) is 1.81. The van der Waals surface area contributed by atoms with Gasteiger partial charge in [0.15, 0.2) is 0 Å². The SMILES string of the molecule is CCCN(CCO)C(=O)Nc1cccc(COC)c1. The van der Waals surface area contributed by atoms with Gasteiger partial charge in [0.2, 0.25) is 0 Å². The van der Waals surface area contributed by atoms with Gasteiger partial charge in [0.1, 0.15) is 0 Å². The molecule has 0 saturated heterocycles. The van der Waals surface area contributed by atoms with Crippen LogP contribution in [0.5, 0.6) is 0 Å². The average Bonchev–Trinajstić information content (AvgIpc) is 2.39. The van der Waals surface area contributed by atoms with Crippen molar-refractivity contribution in [3.63, 3.8) is 0 Å². The highest BCUT2D eigenvalue weighted by molar-refractivity contribution is 5.89. The molecule has 5 nitrogen and oxygen atoms in total. The molecule has 0 fully saturated rings. The minimum Gasteiger partial charge on any atom is -0.395 e. The number of carbonyl (C=O) groups is 1. The number of rotatable bonds is 7. The minimum atomic E-state index is -0.189. The fraction of sp³-hybridized carbons (Fsp3) is 0.500. The molecular formula is C14H22N2O3. The van der Waals surface area contributed by atoms with Crippen LogP contribution in [0.4, 0.5) is 10.5 Å². The first-order chi connectivity index (χ1) is 9.21. The van der Waals surface area contributed by atoms with Crippen LogP contribution < -0.4 is 5.32 Å². The van der Waals surface area contributed by atoms with Gasteiger partial charge in [-0.05, 0) is 24.1 Å². The molecule has 0 aromatic heterocycles. The van der Waals surface area contributed by atoms with Gasteiger partial charge in [-0.25, -0.2) is 4.79 Å². The Morgan fingerprint density at radius 2 is 2.21 bits per heavy atom. The first-order valence-electron chi connectivity index (χ1n) is 6.46. The normalized spacial score (nSPS) is 10.3. The van der Waals surface area contributed by atoms with E-state index in [0.29, 0.717) is 19.7 Å². The Bertz CT molecular complexity index is 390. The maximum atomic E-state index is 12.0. The molecule has 0 spiro atoms. The Hall–Kier alpha value is -1.59. The zero-order valence-corrected chi connectivity index (χ0v) is 11.6. The zero-order chi connectivity index (χ0) is 14.1. The molecule has 5 heteroatoms. The molecule has 1 aromatic rings. The van der Waals surface area contributed by atoms with Crippen molar-refractivity contribution in [1.82, 2.24) is 4.90 Å². The van der Waals surface area contributed by atoms with Gasteiger partial charge in [-0.15, -0.1) is 0 Å². The molecule has 0 saturated carbocycles. The molecule has 0 heterocycles. The van der Waals surface area contributed by atoms with Crippen LogP contribution in [-0.2, 0) is 11.3 Å². The van der Waals surface area contributed by atoms with Gasteiger partial charge in [-0.2, -0.15) is 0 Å². The number of hydrogen-bond donors (Lipinski definition) is 2. The van der Waals surface area contributed by atoms with E-state index in [1.807, 2.05) is 31.2 Å². The van der Waals surface area contributed by atoms with Crippen LogP contribution in [0.3, 0.4) is 0 Å². The number of nitrogens with one attached hydrogen (secondary N) is 1. The van der Waals surface area contributed by atoms with Crippen molar-refractivity contribution in [2.45, 2.75) is 20.0 Å². The third kappa shape index (κ3) is 5.28. The number of nitrogens with zero attached hydrogens (tertiary/aromatic N) is 1. The largest absolute Gasteiger partial charge is 0.395 e. The summed E-state index contributed by atoms with van der Waals surface area (Å²) in [5, 5.41) is 11.8. The summed E-state index contributed by atoms with van der Waals surface area (Å²) < 4.78 is 5.06. The van der Waals surface area contributed by atoms with Crippen LogP contribution >= 0.6 is 0 Å². The Morgan fingerprint density at radius 3 is 2.84 bits per heavy atom. The van der Waals surface area contributed by atoms with E-state index in [2.05, 4.69) is 5.32 Å². The van der Waals surface area contributed by atoms with Gasteiger partial charge in [0, 0.05) is 25.9 Å². The molecule has 0 aliphatic heterocycles. The summed E-state index contributed by atoms with van der Waals surface area (Å²) >= 11 is 0. The van der Waals surface area contributed by atoms with Gasteiger partial charge in [0.05, 0.1) is 13.2 Å². The second-order valence-electron chi connectivity index (χ2n) is 4.27. The van der Waals surface area contributed by atoms with E-state index < -0.39 is 0 Å². The molecule has 0 unspecified atom stereocenters. The second kappa shape index (κ2) is 8.50. The Balaban J connectivity index is 2.66. The van der Waals surface area contributed by atoms with E-state index in [1.54, 1.807) is 12.0 Å². The predicted octanol–water partition coefficient (Wildman–Crippen LogP) is 2.07. The van der Waals surface area contributed by atoms with Crippen molar-refractivity contribution in [3.05, 3.63) is 29.8 Å². The third-order valence-electron chi connectivity index (χ3n) is 2.64. The van der Waals surface area contributed by atoms with Gasteiger partial charge in [-0.1, -0.05) is 19.1 Å². The molecule has 2 amide bonds. The number of methoxy groups -OCH3 is 1. The molecule has 0 radical (unpaired) electrons. The Labute approximate surface area is 114 Å². The monoisotopic (exact) mass is 266 g/mol. The fourth-order valence-corrected chi connectivity index (χ4v) is 1.81. The molecule has 1 rings (SSSR count). The summed E-state index contributed by atoms with van der Waals surface area (Å²) in [4.78, 5) is 13.6. The number of carbonyl (C=O) groups excluding carboxylic acids is 1. The summed E-state index contributed by atoms with van der Waals surface area (Å²) in [7, 11) is 1.63. The van der Waals surface area contributed by atoms with Crippen LogP contribution in [0.25, 0.3) is 0 Å². The van der Waals surface area contributed by atoms with Gasteiger partial charge in [0.25, 0.3) is 0 Å². The molecule has 0 aliphatic carbocycles. The highest BCUT2D eigenvalue weighted by atomic mass is 16.5. The van der Waals surface area contributed by atoms with Crippen LogP contribution in [-0.4, -0.2) is 42.8 Å². The maximum absolute atomic E-state index is 12.0. The van der Waals surface area contributed by atoms with Crippen molar-refractivity contribution in [2.75, 3.05) is 32.1 Å². The van der Waals surface area contributed by atoms with E-state index in [9.17, 15) is 4.79 Å². The highest BCUT2D eigenvalue weighted by Crippen LogP contribution is 2.12. The summed E-state index contributed by atoms with van der Waals surface area (Å²) in [5.74, 6) is 0. The van der Waals surface area contributed by atoms with Crippen LogP contribution in [0.1, 0.15) is 18.9 Å². The van der Waals surface area contributed by atoms with Crippen molar-refractivity contribution < 1.29 is 14.6 Å². The first kappa shape index (κ1) is 15.5. The number of anilines is 1. The van der Waals surface area contributed by atoms with Crippen LogP contribution in [0.2, 0.25) is 0 Å². The average molecular weight is 266 g/mol. The Kier molecular flexibility index (Phi) is 6.92. The maximum Gasteiger partial charge on any atom is 0.321 e. The number of aliphatic hydroxyl groups is 1. The summed E-state index contributed by atoms with van der Waals surface area (Å²) in [6.45, 7) is 3.45. The molecule has 0 bridgehead atoms. The standard InChI is InChI=1S/C14H22N2O3/c1-3-7-16(8-9-17)14(18)15-13-6-4-5-12(10-13)11-19-2/h4-6,10,17H,3,7-9,11H2,1-2H3,(H,15,18). The lowest BCUT2D eigenvalue weighted by Gasteiger charge is -2.21. The second-order valence-corrected chi connectivity index (χ2v) is 4.27. The molecule has 1 aromatic carbocycles. The lowest BCUT2D eigenvalue weighted by Crippen LogP contribution is -2.37. The van der Waals surface area contributed by atoms with Gasteiger partial charge in [-0.3, -0.25) is 0 Å². The van der Waals surface area contributed by atoms with E-state index >= 15 is 0 Å². The van der Waals surface area contributed by atoms with Crippen LogP contribution in [0, 0.1) is 0 Å². The molecule has 0 aliphatic rings. The quantitative estimate of drug-likeness (QED) is 0.794. The van der Waals surface area contributed by atoms with Crippen molar-refractivity contribution in [3.8, 4) is 0 Å². The smallest absolute Gasteiger partial charge is 0.321 e. The highest BCUT2D eigenvalue weighted by Gasteiger charge is 2.11. The molecule has 2 N–H and O–H groups in total. The first-order valence-corrected chi connectivity index (χ1v) is 6.46. The lowest BCUT2D eigenvalue weighted by atomic mass is 10.2. The molecule has 19 heavy (non-hydrogen) atoms. The number of hydrogen-bond acceptors (Lipinski definition) is 3. The summed E-state index contributed by atoms with van der Waals surface area (Å²) in [6, 6.07) is 7.34. The predicted molar refractivity (Wildman–Crippen MR) is 75.1 cm³/mol. The topological polar surface area (TPSA) is 61.8 Å². The summed E-state index contributed by atoms with van der Waals surface area (Å²) in [5.41, 5.74) is 1.74. The molecule has 106 valence electrons. The van der Waals surface area contributed by atoms with Crippen molar-refractivity contribution in [2.24, 2.45) is 0 Å². The van der Waals surface area contributed by atoms with E-state index in [1.165, 1.54) is 0 Å². The van der Waals surface area contributed by atoms with E-state index in [-0.39, 0.29) is 12.6 Å². The third-order valence-corrected chi connectivity index (χ3v) is 2.64. The van der Waals surface area contributed by atoms with Crippen molar-refractivity contribution >= 4 is 11.7 Å². The zero-order valence-electron chi connectivity index (χ0n) is 11.6. The summed E-state index contributed by atoms with van der Waals surface area (Å²) in [6.07, 6.45) is 0.858. The molecule has 0 atom stereocenters. The van der Waals surface area contributed by atoms with Gasteiger partial charge < -0.3 is 20.1 Å². The van der Waals surface area contributed by atoms with Crippen LogP contribution in [0.15, 0.2) is 24.3 Å². The minimum absolute atomic E-state index is 0.0306. The van der Waals surface area contributed by atoms with E-state index in [0.717, 1.165) is 17.7 Å². The Morgan fingerprint density at radius 1 is 1.42 bits per heavy atom.